The van der Waals surface area contributed by atoms with Gasteiger partial charge >= 0.3 is 0 Å². The van der Waals surface area contributed by atoms with Gasteiger partial charge in [-0.1, -0.05) is 23.2 Å². The molecule has 0 saturated heterocycles. The standard InChI is InChI=1S/C9H6Cl2N2O/c1-4-2-6(14)8-5(12-4)3-7(10)13-9(8)11/h2-3H,1H3,(H,12,14). The molecule has 0 aliphatic carbocycles. The van der Waals surface area contributed by atoms with Crippen molar-refractivity contribution in [2.45, 2.75) is 6.92 Å². The Morgan fingerprint density at radius 2 is 2.07 bits per heavy atom. The second-order valence-corrected chi connectivity index (χ2v) is 3.72. The lowest BCUT2D eigenvalue weighted by Gasteiger charge is -2.01. The highest BCUT2D eigenvalue weighted by Gasteiger charge is 2.07. The first kappa shape index (κ1) is 9.49. The molecular weight excluding hydrogens is 223 g/mol. The van der Waals surface area contributed by atoms with Gasteiger partial charge in [-0.25, -0.2) is 4.98 Å². The van der Waals surface area contributed by atoms with Gasteiger partial charge in [0.15, 0.2) is 5.43 Å². The number of H-pyrrole nitrogens is 1. The van der Waals surface area contributed by atoms with Crippen LogP contribution in [0.15, 0.2) is 16.9 Å². The minimum absolute atomic E-state index is 0.133. The van der Waals surface area contributed by atoms with Crippen LogP contribution in [0.2, 0.25) is 10.3 Å². The summed E-state index contributed by atoms with van der Waals surface area (Å²) in [4.78, 5) is 18.4. The van der Waals surface area contributed by atoms with Crippen molar-refractivity contribution in [3.05, 3.63) is 38.4 Å². The minimum atomic E-state index is -0.148. The minimum Gasteiger partial charge on any atom is -0.358 e. The molecular formula is C9H6Cl2N2O. The first-order valence-electron chi connectivity index (χ1n) is 3.93. The van der Waals surface area contributed by atoms with Crippen LogP contribution in [0.1, 0.15) is 5.69 Å². The first-order chi connectivity index (χ1) is 6.58. The van der Waals surface area contributed by atoms with E-state index >= 15 is 0 Å². The van der Waals surface area contributed by atoms with Crippen LogP contribution in [0.5, 0.6) is 0 Å². The lowest BCUT2D eigenvalue weighted by Crippen LogP contribution is -2.04. The summed E-state index contributed by atoms with van der Waals surface area (Å²) in [5.41, 5.74) is 1.23. The monoisotopic (exact) mass is 228 g/mol. The molecule has 2 aromatic heterocycles. The third kappa shape index (κ3) is 1.49. The lowest BCUT2D eigenvalue weighted by molar-refractivity contribution is 1.23. The number of hydrogen-bond acceptors (Lipinski definition) is 2. The van der Waals surface area contributed by atoms with Crippen molar-refractivity contribution in [2.75, 3.05) is 0 Å². The molecule has 72 valence electrons. The number of hydrogen-bond donors (Lipinski definition) is 1. The molecule has 0 aliphatic heterocycles. The Morgan fingerprint density at radius 3 is 2.79 bits per heavy atom. The van der Waals surface area contributed by atoms with Gasteiger partial charge in [0, 0.05) is 11.8 Å². The number of rotatable bonds is 0. The number of nitrogens with one attached hydrogen (secondary N) is 1. The van der Waals surface area contributed by atoms with E-state index in [4.69, 9.17) is 23.2 Å². The van der Waals surface area contributed by atoms with Gasteiger partial charge in [0.2, 0.25) is 0 Å². The van der Waals surface area contributed by atoms with Gasteiger partial charge < -0.3 is 4.98 Å². The summed E-state index contributed by atoms with van der Waals surface area (Å²) < 4.78 is 0. The maximum Gasteiger partial charge on any atom is 0.192 e. The van der Waals surface area contributed by atoms with E-state index in [0.29, 0.717) is 10.9 Å². The average molecular weight is 229 g/mol. The van der Waals surface area contributed by atoms with Crippen LogP contribution in [0.3, 0.4) is 0 Å². The number of fused-ring (bicyclic) bond motifs is 1. The summed E-state index contributed by atoms with van der Waals surface area (Å²) in [5.74, 6) is 0. The summed E-state index contributed by atoms with van der Waals surface area (Å²) >= 11 is 11.5. The summed E-state index contributed by atoms with van der Waals surface area (Å²) in [6, 6.07) is 3.06. The van der Waals surface area contributed by atoms with Crippen molar-refractivity contribution in [1.82, 2.24) is 9.97 Å². The zero-order valence-electron chi connectivity index (χ0n) is 7.27. The smallest absolute Gasteiger partial charge is 0.192 e. The predicted octanol–water partition coefficient (Wildman–Crippen LogP) is 2.54. The van der Waals surface area contributed by atoms with Gasteiger partial charge in [-0.05, 0) is 13.0 Å². The zero-order chi connectivity index (χ0) is 10.3. The van der Waals surface area contributed by atoms with Crippen molar-refractivity contribution in [3.8, 4) is 0 Å². The highest BCUT2D eigenvalue weighted by molar-refractivity contribution is 6.36. The molecule has 0 aromatic carbocycles. The van der Waals surface area contributed by atoms with Crippen molar-refractivity contribution in [3.63, 3.8) is 0 Å². The Balaban J connectivity index is 3.02. The fourth-order valence-corrected chi connectivity index (χ4v) is 1.86. The molecule has 0 fully saturated rings. The Hall–Kier alpha value is -1.06. The molecule has 0 atom stereocenters. The molecule has 0 bridgehead atoms. The van der Waals surface area contributed by atoms with Gasteiger partial charge in [-0.3, -0.25) is 4.79 Å². The number of halogens is 2. The van der Waals surface area contributed by atoms with Crippen LogP contribution in [-0.4, -0.2) is 9.97 Å². The molecule has 0 aliphatic rings. The van der Waals surface area contributed by atoms with E-state index < -0.39 is 0 Å². The number of aromatic nitrogens is 2. The first-order valence-corrected chi connectivity index (χ1v) is 4.69. The third-order valence-electron chi connectivity index (χ3n) is 1.87. The molecule has 2 aromatic rings. The van der Waals surface area contributed by atoms with Crippen LogP contribution in [0.4, 0.5) is 0 Å². The molecule has 0 spiro atoms. The molecule has 1 N–H and O–H groups in total. The average Bonchev–Trinajstić information content (AvgIpc) is 1.99. The van der Waals surface area contributed by atoms with Crippen LogP contribution in [0, 0.1) is 6.92 Å². The molecule has 0 saturated carbocycles. The lowest BCUT2D eigenvalue weighted by atomic mass is 10.2. The molecule has 3 nitrogen and oxygen atoms in total. The highest BCUT2D eigenvalue weighted by atomic mass is 35.5. The summed E-state index contributed by atoms with van der Waals surface area (Å²) in [6.45, 7) is 1.79. The molecule has 14 heavy (non-hydrogen) atoms. The largest absolute Gasteiger partial charge is 0.358 e. The van der Waals surface area contributed by atoms with E-state index in [0.717, 1.165) is 5.69 Å². The number of pyridine rings is 2. The summed E-state index contributed by atoms with van der Waals surface area (Å²) in [7, 11) is 0. The fraction of sp³-hybridized carbons (Fsp3) is 0.111. The van der Waals surface area contributed by atoms with Crippen LogP contribution in [0.25, 0.3) is 10.9 Å². The van der Waals surface area contributed by atoms with Crippen molar-refractivity contribution < 1.29 is 0 Å². The van der Waals surface area contributed by atoms with E-state index in [-0.39, 0.29) is 15.7 Å². The SMILES string of the molecule is Cc1cc(=O)c2c(Cl)nc(Cl)cc2[nH]1. The highest BCUT2D eigenvalue weighted by Crippen LogP contribution is 2.20. The van der Waals surface area contributed by atoms with E-state index in [1.807, 2.05) is 0 Å². The van der Waals surface area contributed by atoms with E-state index in [1.54, 1.807) is 13.0 Å². The maximum absolute atomic E-state index is 11.5. The third-order valence-corrected chi connectivity index (χ3v) is 2.34. The summed E-state index contributed by atoms with van der Waals surface area (Å²) in [6.07, 6.45) is 0. The van der Waals surface area contributed by atoms with Gasteiger partial charge in [0.05, 0.1) is 10.9 Å². The Kier molecular flexibility index (Phi) is 2.21. The molecule has 2 rings (SSSR count). The number of nitrogens with zero attached hydrogens (tertiary/aromatic N) is 1. The Labute approximate surface area is 89.7 Å². The van der Waals surface area contributed by atoms with Gasteiger partial charge in [-0.2, -0.15) is 0 Å². The van der Waals surface area contributed by atoms with Crippen LogP contribution in [-0.2, 0) is 0 Å². The topological polar surface area (TPSA) is 45.8 Å². The van der Waals surface area contributed by atoms with Crippen LogP contribution < -0.4 is 5.43 Å². The van der Waals surface area contributed by atoms with Crippen molar-refractivity contribution in [2.24, 2.45) is 0 Å². The predicted molar refractivity (Wildman–Crippen MR) is 57.1 cm³/mol. The Bertz CT molecular complexity index is 557. The molecule has 0 amide bonds. The Morgan fingerprint density at radius 1 is 1.36 bits per heavy atom. The quantitative estimate of drug-likeness (QED) is 0.705. The zero-order valence-corrected chi connectivity index (χ0v) is 8.78. The van der Waals surface area contributed by atoms with Crippen molar-refractivity contribution in [1.29, 1.82) is 0 Å². The van der Waals surface area contributed by atoms with Gasteiger partial charge in [0.25, 0.3) is 0 Å². The molecule has 0 radical (unpaired) electrons. The van der Waals surface area contributed by atoms with E-state index in [1.165, 1.54) is 6.07 Å². The van der Waals surface area contributed by atoms with E-state index in [9.17, 15) is 4.79 Å². The molecule has 5 heteroatoms. The molecule has 0 unspecified atom stereocenters. The number of aromatic amines is 1. The molecule has 2 heterocycles. The van der Waals surface area contributed by atoms with Crippen molar-refractivity contribution >= 4 is 34.1 Å². The van der Waals surface area contributed by atoms with E-state index in [2.05, 4.69) is 9.97 Å². The van der Waals surface area contributed by atoms with Crippen LogP contribution >= 0.6 is 23.2 Å². The summed E-state index contributed by atoms with van der Waals surface area (Å²) in [5, 5.41) is 0.777. The van der Waals surface area contributed by atoms with Gasteiger partial charge in [0.1, 0.15) is 10.3 Å². The normalized spacial score (nSPS) is 10.8. The maximum atomic E-state index is 11.5. The fourth-order valence-electron chi connectivity index (χ4n) is 1.33. The number of aryl methyl sites for hydroxylation is 1. The second-order valence-electron chi connectivity index (χ2n) is 2.97. The van der Waals surface area contributed by atoms with Gasteiger partial charge in [-0.15, -0.1) is 0 Å². The second kappa shape index (κ2) is 3.26.